The number of nitrogens with one attached hydrogen (secondary N) is 2. The summed E-state index contributed by atoms with van der Waals surface area (Å²) in [6, 6.07) is 15.1. The van der Waals surface area contributed by atoms with Crippen LogP contribution in [0.4, 0.5) is 27.6 Å². The van der Waals surface area contributed by atoms with Crippen molar-refractivity contribution in [2.75, 3.05) is 5.32 Å². The Hall–Kier alpha value is -4.21. The van der Waals surface area contributed by atoms with Gasteiger partial charge >= 0.3 is 6.36 Å². The summed E-state index contributed by atoms with van der Waals surface area (Å²) >= 11 is 0. The summed E-state index contributed by atoms with van der Waals surface area (Å²) in [5.74, 6) is -3.76. The fourth-order valence-electron chi connectivity index (χ4n) is 4.37. The summed E-state index contributed by atoms with van der Waals surface area (Å²) in [5.41, 5.74) is 2.85. The van der Waals surface area contributed by atoms with Gasteiger partial charge in [0, 0.05) is 34.5 Å². The molecule has 1 aromatic heterocycles. The van der Waals surface area contributed by atoms with Gasteiger partial charge in [-0.05, 0) is 61.7 Å². The quantitative estimate of drug-likeness (QED) is 0.230. The van der Waals surface area contributed by atoms with Crippen LogP contribution in [-0.4, -0.2) is 22.2 Å². The molecular formula is C29H26F5N3O2. The Bertz CT molecular complexity index is 1530. The third-order valence-corrected chi connectivity index (χ3v) is 6.41. The Morgan fingerprint density at radius 2 is 1.67 bits per heavy atom. The number of aromatic amines is 1. The number of rotatable bonds is 7. The number of alkyl halides is 5. The van der Waals surface area contributed by atoms with Gasteiger partial charge in [0.2, 0.25) is 0 Å². The Labute approximate surface area is 222 Å². The molecule has 1 amide bonds. The highest BCUT2D eigenvalue weighted by Crippen LogP contribution is 2.41. The number of nitrogens with zero attached hydrogens (tertiary/aromatic N) is 1. The minimum atomic E-state index is -4.89. The Balaban J connectivity index is 1.72. The van der Waals surface area contributed by atoms with Crippen molar-refractivity contribution >= 4 is 11.6 Å². The number of aromatic nitrogens is 2. The van der Waals surface area contributed by atoms with Crippen molar-refractivity contribution in [2.45, 2.75) is 46.4 Å². The fraction of sp³-hybridized carbons (Fsp3) is 0.241. The zero-order valence-electron chi connectivity index (χ0n) is 21.6. The van der Waals surface area contributed by atoms with Gasteiger partial charge in [0.1, 0.15) is 17.3 Å². The average Bonchev–Trinajstić information content (AvgIpc) is 3.25. The molecule has 1 heterocycles. The zero-order chi connectivity index (χ0) is 28.5. The van der Waals surface area contributed by atoms with E-state index >= 15 is 0 Å². The van der Waals surface area contributed by atoms with Gasteiger partial charge < -0.3 is 15.0 Å². The summed E-state index contributed by atoms with van der Waals surface area (Å²) in [6.45, 7) is 6.42. The highest BCUT2D eigenvalue weighted by atomic mass is 19.4. The molecule has 204 valence electrons. The van der Waals surface area contributed by atoms with Crippen molar-refractivity contribution in [3.63, 3.8) is 0 Å². The van der Waals surface area contributed by atoms with E-state index in [9.17, 15) is 26.7 Å². The third kappa shape index (κ3) is 5.94. The maximum atomic E-state index is 14.1. The van der Waals surface area contributed by atoms with E-state index < -0.39 is 18.2 Å². The number of carbonyl (C=O) groups excluding carboxylic acids is 1. The van der Waals surface area contributed by atoms with Gasteiger partial charge in [0.15, 0.2) is 0 Å². The van der Waals surface area contributed by atoms with Crippen LogP contribution in [0.1, 0.15) is 46.2 Å². The second kappa shape index (κ2) is 10.5. The predicted molar refractivity (Wildman–Crippen MR) is 139 cm³/mol. The number of amides is 1. The van der Waals surface area contributed by atoms with Gasteiger partial charge in [0.05, 0.1) is 0 Å². The number of ether oxygens (including phenoxy) is 1. The number of H-pyrrole nitrogens is 1. The Kier molecular flexibility index (Phi) is 7.50. The maximum absolute atomic E-state index is 14.1. The van der Waals surface area contributed by atoms with Crippen molar-refractivity contribution in [1.82, 2.24) is 9.97 Å². The molecule has 2 N–H and O–H groups in total. The predicted octanol–water partition coefficient (Wildman–Crippen LogP) is 8.32. The molecule has 0 radical (unpaired) electrons. The Morgan fingerprint density at radius 1 is 0.949 bits per heavy atom. The summed E-state index contributed by atoms with van der Waals surface area (Å²) in [6.07, 6.45) is -5.28. The van der Waals surface area contributed by atoms with Gasteiger partial charge in [-0.25, -0.2) is 13.8 Å². The minimum Gasteiger partial charge on any atom is -0.405 e. The van der Waals surface area contributed by atoms with E-state index in [4.69, 9.17) is 0 Å². The van der Waals surface area contributed by atoms with Gasteiger partial charge in [-0.3, -0.25) is 4.79 Å². The normalized spacial score (nSPS) is 11.9. The van der Waals surface area contributed by atoms with Gasteiger partial charge in [0.25, 0.3) is 11.8 Å². The van der Waals surface area contributed by atoms with E-state index in [-0.39, 0.29) is 40.5 Å². The van der Waals surface area contributed by atoms with Crippen LogP contribution in [0.2, 0.25) is 0 Å². The lowest BCUT2D eigenvalue weighted by atomic mass is 9.92. The molecule has 0 aliphatic carbocycles. The van der Waals surface area contributed by atoms with Gasteiger partial charge in [-0.1, -0.05) is 43.3 Å². The van der Waals surface area contributed by atoms with Crippen LogP contribution in [0.25, 0.3) is 22.5 Å². The van der Waals surface area contributed by atoms with Crippen LogP contribution in [0, 0.1) is 20.8 Å². The van der Waals surface area contributed by atoms with Crippen molar-refractivity contribution in [1.29, 1.82) is 0 Å². The van der Waals surface area contributed by atoms with E-state index in [2.05, 4.69) is 20.0 Å². The largest absolute Gasteiger partial charge is 0.573 e. The smallest absolute Gasteiger partial charge is 0.405 e. The molecule has 0 saturated carbocycles. The SMILES string of the molecule is CCC(F)(F)c1cccc(NC(=O)c2nc(-c3ccc(OC(F)(F)F)c(-c4ccccc4C)c3C)[nH]c2C)c1. The number of benzene rings is 3. The van der Waals surface area contributed by atoms with Crippen LogP contribution in [0.15, 0.2) is 60.7 Å². The highest BCUT2D eigenvalue weighted by molar-refractivity contribution is 6.04. The first-order valence-electron chi connectivity index (χ1n) is 12.1. The minimum absolute atomic E-state index is 0.0186. The van der Waals surface area contributed by atoms with Crippen LogP contribution >= 0.6 is 0 Å². The van der Waals surface area contributed by atoms with Crippen LogP contribution in [-0.2, 0) is 5.92 Å². The summed E-state index contributed by atoms with van der Waals surface area (Å²) < 4.78 is 72.2. The highest BCUT2D eigenvalue weighted by Gasteiger charge is 2.33. The molecular weight excluding hydrogens is 517 g/mol. The zero-order valence-corrected chi connectivity index (χ0v) is 21.6. The van der Waals surface area contributed by atoms with Crippen molar-refractivity contribution in [3.8, 4) is 28.3 Å². The molecule has 39 heavy (non-hydrogen) atoms. The standard InChI is InChI=1S/C29H26F5N3O2/c1-5-28(30,31)19-10-8-11-20(15-19)36-27(38)25-18(4)35-26(37-25)22-13-14-23(39-29(32,33)34)24(17(22)3)21-12-7-6-9-16(21)2/h6-15H,5H2,1-4H3,(H,35,37)(H,36,38). The third-order valence-electron chi connectivity index (χ3n) is 6.41. The van der Waals surface area contributed by atoms with E-state index in [0.29, 0.717) is 22.4 Å². The summed E-state index contributed by atoms with van der Waals surface area (Å²) in [5, 5.41) is 2.59. The molecule has 0 spiro atoms. The monoisotopic (exact) mass is 543 g/mol. The van der Waals surface area contributed by atoms with Crippen molar-refractivity contribution in [3.05, 3.63) is 88.7 Å². The van der Waals surface area contributed by atoms with E-state index in [1.165, 1.54) is 43.3 Å². The molecule has 3 aromatic carbocycles. The van der Waals surface area contributed by atoms with Crippen LogP contribution in [0.5, 0.6) is 5.75 Å². The Morgan fingerprint density at radius 3 is 2.33 bits per heavy atom. The molecule has 0 atom stereocenters. The number of carbonyl (C=O) groups is 1. The first kappa shape index (κ1) is 27.8. The molecule has 0 aliphatic heterocycles. The number of hydrogen-bond donors (Lipinski definition) is 2. The molecule has 0 aliphatic rings. The molecule has 5 nitrogen and oxygen atoms in total. The van der Waals surface area contributed by atoms with Crippen LogP contribution in [0.3, 0.4) is 0 Å². The second-order valence-electron chi connectivity index (χ2n) is 9.13. The molecule has 0 saturated heterocycles. The maximum Gasteiger partial charge on any atom is 0.573 e. The van der Waals surface area contributed by atoms with Crippen LogP contribution < -0.4 is 10.1 Å². The van der Waals surface area contributed by atoms with E-state index in [1.807, 2.05) is 0 Å². The average molecular weight is 544 g/mol. The first-order valence-corrected chi connectivity index (χ1v) is 12.1. The fourth-order valence-corrected chi connectivity index (χ4v) is 4.37. The number of anilines is 1. The van der Waals surface area contributed by atoms with Gasteiger partial charge in [-0.15, -0.1) is 13.2 Å². The number of aryl methyl sites for hydroxylation is 2. The first-order chi connectivity index (χ1) is 18.3. The number of halogens is 5. The lowest BCUT2D eigenvalue weighted by Gasteiger charge is -2.19. The van der Waals surface area contributed by atoms with E-state index in [0.717, 1.165) is 5.56 Å². The molecule has 4 aromatic rings. The van der Waals surface area contributed by atoms with Crippen molar-refractivity contribution in [2.24, 2.45) is 0 Å². The molecule has 0 fully saturated rings. The summed E-state index contributed by atoms with van der Waals surface area (Å²) in [4.78, 5) is 20.4. The molecule has 10 heteroatoms. The number of imidazole rings is 1. The lowest BCUT2D eigenvalue weighted by Crippen LogP contribution is -2.18. The molecule has 0 unspecified atom stereocenters. The second-order valence-corrected chi connectivity index (χ2v) is 9.13. The van der Waals surface area contributed by atoms with Crippen molar-refractivity contribution < 1.29 is 31.5 Å². The summed E-state index contributed by atoms with van der Waals surface area (Å²) in [7, 11) is 0. The molecule has 4 rings (SSSR count). The topological polar surface area (TPSA) is 67.0 Å². The van der Waals surface area contributed by atoms with E-state index in [1.54, 1.807) is 45.0 Å². The lowest BCUT2D eigenvalue weighted by molar-refractivity contribution is -0.274. The number of hydrogen-bond acceptors (Lipinski definition) is 3. The molecule has 0 bridgehead atoms. The van der Waals surface area contributed by atoms with Gasteiger partial charge in [-0.2, -0.15) is 0 Å².